The molecular weight excluding hydrogens is 312 g/mol. The first kappa shape index (κ1) is 9.98. The van der Waals surface area contributed by atoms with Crippen LogP contribution in [0.15, 0.2) is 23.0 Å². The number of hydrogen-bond donors (Lipinski definition) is 1. The van der Waals surface area contributed by atoms with Gasteiger partial charge in [-0.1, -0.05) is 11.6 Å². The Kier molecular flexibility index (Phi) is 2.53. The number of hydrogen-bond acceptors (Lipinski definition) is 1. The normalized spacial score (nSPS) is 10.8. The Morgan fingerprint density at radius 3 is 2.86 bits per heavy atom. The van der Waals surface area contributed by atoms with Crippen LogP contribution in [0.2, 0.25) is 5.02 Å². The van der Waals surface area contributed by atoms with Crippen molar-refractivity contribution in [3.05, 3.63) is 42.7 Å². The van der Waals surface area contributed by atoms with Crippen LogP contribution >= 0.6 is 34.2 Å². The molecule has 0 aliphatic carbocycles. The maximum absolute atomic E-state index is 11.8. The van der Waals surface area contributed by atoms with Gasteiger partial charge in [0, 0.05) is 16.1 Å². The first-order valence-electron chi connectivity index (χ1n) is 4.07. The fourth-order valence-electron chi connectivity index (χ4n) is 1.36. The Bertz CT molecular complexity index is 562. The molecule has 0 atom stereocenters. The molecule has 0 amide bonds. The van der Waals surface area contributed by atoms with Gasteiger partial charge in [0.15, 0.2) is 0 Å². The van der Waals surface area contributed by atoms with E-state index < -0.39 is 0 Å². The molecule has 0 aliphatic rings. The summed E-state index contributed by atoms with van der Waals surface area (Å²) in [5, 5.41) is 1.32. The van der Waals surface area contributed by atoms with Crippen molar-refractivity contribution in [2.45, 2.75) is 6.92 Å². The van der Waals surface area contributed by atoms with Crippen LogP contribution in [0, 0.1) is 10.5 Å². The summed E-state index contributed by atoms with van der Waals surface area (Å²) in [7, 11) is 0. The van der Waals surface area contributed by atoms with Crippen LogP contribution in [0.4, 0.5) is 0 Å². The molecule has 14 heavy (non-hydrogen) atoms. The van der Waals surface area contributed by atoms with Crippen LogP contribution in [-0.4, -0.2) is 4.98 Å². The largest absolute Gasteiger partial charge is 0.358 e. The Labute approximate surface area is 99.4 Å². The van der Waals surface area contributed by atoms with Crippen molar-refractivity contribution in [1.29, 1.82) is 0 Å². The second-order valence-corrected chi connectivity index (χ2v) is 4.60. The standard InChI is InChI=1S/C10H7ClINO/c1-5-9(12)10(14)7-3-2-6(11)4-8(7)13-5/h2-4H,1H3,(H,13,14). The summed E-state index contributed by atoms with van der Waals surface area (Å²) in [5.74, 6) is 0. The number of nitrogens with one attached hydrogen (secondary N) is 1. The van der Waals surface area contributed by atoms with E-state index in [0.29, 0.717) is 10.4 Å². The highest BCUT2D eigenvalue weighted by Crippen LogP contribution is 2.17. The third-order valence-corrected chi connectivity index (χ3v) is 3.61. The van der Waals surface area contributed by atoms with Crippen molar-refractivity contribution >= 4 is 45.1 Å². The summed E-state index contributed by atoms with van der Waals surface area (Å²) in [4.78, 5) is 14.9. The highest BCUT2D eigenvalue weighted by atomic mass is 127. The summed E-state index contributed by atoms with van der Waals surface area (Å²) < 4.78 is 0.734. The molecule has 1 heterocycles. The lowest BCUT2D eigenvalue weighted by Gasteiger charge is -2.02. The third kappa shape index (κ3) is 1.54. The van der Waals surface area contributed by atoms with E-state index in [-0.39, 0.29) is 5.43 Å². The van der Waals surface area contributed by atoms with Crippen LogP contribution in [0.25, 0.3) is 10.9 Å². The van der Waals surface area contributed by atoms with Crippen molar-refractivity contribution in [1.82, 2.24) is 4.98 Å². The van der Waals surface area contributed by atoms with Crippen molar-refractivity contribution < 1.29 is 0 Å². The topological polar surface area (TPSA) is 32.9 Å². The smallest absolute Gasteiger partial charge is 0.202 e. The number of halogens is 2. The van der Waals surface area contributed by atoms with Crippen molar-refractivity contribution in [3.63, 3.8) is 0 Å². The van der Waals surface area contributed by atoms with Gasteiger partial charge in [-0.3, -0.25) is 4.79 Å². The summed E-state index contributed by atoms with van der Waals surface area (Å²) in [5.41, 5.74) is 1.74. The number of H-pyrrole nitrogens is 1. The predicted octanol–water partition coefficient (Wildman–Crippen LogP) is 3.09. The van der Waals surface area contributed by atoms with E-state index >= 15 is 0 Å². The predicted molar refractivity (Wildman–Crippen MR) is 67.0 cm³/mol. The number of rotatable bonds is 0. The Morgan fingerprint density at radius 2 is 2.14 bits per heavy atom. The molecule has 2 rings (SSSR count). The number of aryl methyl sites for hydroxylation is 1. The summed E-state index contributed by atoms with van der Waals surface area (Å²) in [6.07, 6.45) is 0. The number of aromatic amines is 1. The van der Waals surface area contributed by atoms with Gasteiger partial charge in [0.25, 0.3) is 0 Å². The van der Waals surface area contributed by atoms with Crippen molar-refractivity contribution in [2.75, 3.05) is 0 Å². The van der Waals surface area contributed by atoms with E-state index in [1.807, 2.05) is 29.5 Å². The van der Waals surface area contributed by atoms with Gasteiger partial charge >= 0.3 is 0 Å². The van der Waals surface area contributed by atoms with E-state index in [4.69, 9.17) is 11.6 Å². The molecule has 1 aromatic heterocycles. The maximum Gasteiger partial charge on any atom is 0.202 e. The highest BCUT2D eigenvalue weighted by molar-refractivity contribution is 14.1. The lowest BCUT2D eigenvalue weighted by Crippen LogP contribution is -2.09. The van der Waals surface area contributed by atoms with Gasteiger partial charge in [-0.2, -0.15) is 0 Å². The van der Waals surface area contributed by atoms with Crippen LogP contribution in [-0.2, 0) is 0 Å². The van der Waals surface area contributed by atoms with Crippen molar-refractivity contribution in [2.24, 2.45) is 0 Å². The van der Waals surface area contributed by atoms with Gasteiger partial charge in [-0.15, -0.1) is 0 Å². The number of aromatic nitrogens is 1. The average molecular weight is 320 g/mol. The van der Waals surface area contributed by atoms with Crippen LogP contribution in [0.5, 0.6) is 0 Å². The minimum atomic E-state index is 0.0634. The lowest BCUT2D eigenvalue weighted by molar-refractivity contribution is 1.21. The van der Waals surface area contributed by atoms with Crippen LogP contribution < -0.4 is 5.43 Å². The fourth-order valence-corrected chi connectivity index (χ4v) is 1.96. The van der Waals surface area contributed by atoms with Gasteiger partial charge in [0.05, 0.1) is 9.09 Å². The van der Waals surface area contributed by atoms with E-state index in [1.165, 1.54) is 0 Å². The van der Waals surface area contributed by atoms with E-state index in [2.05, 4.69) is 4.98 Å². The number of fused-ring (bicyclic) bond motifs is 1. The molecule has 2 aromatic rings. The average Bonchev–Trinajstić information content (AvgIpc) is 2.14. The summed E-state index contributed by atoms with van der Waals surface area (Å²) in [6.45, 7) is 1.88. The van der Waals surface area contributed by atoms with Crippen molar-refractivity contribution in [3.8, 4) is 0 Å². The van der Waals surface area contributed by atoms with Crippen LogP contribution in [0.3, 0.4) is 0 Å². The molecule has 72 valence electrons. The number of pyridine rings is 1. The second kappa shape index (κ2) is 3.55. The third-order valence-electron chi connectivity index (χ3n) is 2.08. The van der Waals surface area contributed by atoms with Gasteiger partial charge in [0.1, 0.15) is 0 Å². The minimum absolute atomic E-state index is 0.0634. The monoisotopic (exact) mass is 319 g/mol. The minimum Gasteiger partial charge on any atom is -0.358 e. The molecule has 0 saturated heterocycles. The van der Waals surface area contributed by atoms with Gasteiger partial charge < -0.3 is 4.98 Å². The molecular formula is C10H7ClINO. The van der Waals surface area contributed by atoms with E-state index in [1.54, 1.807) is 18.2 Å². The molecule has 4 heteroatoms. The van der Waals surface area contributed by atoms with Gasteiger partial charge in [0.2, 0.25) is 5.43 Å². The first-order chi connectivity index (χ1) is 6.59. The summed E-state index contributed by atoms with van der Waals surface area (Å²) >= 11 is 7.89. The zero-order chi connectivity index (χ0) is 10.3. The molecule has 0 bridgehead atoms. The lowest BCUT2D eigenvalue weighted by atomic mass is 10.2. The molecule has 0 aliphatic heterocycles. The molecule has 1 N–H and O–H groups in total. The molecule has 0 spiro atoms. The number of benzene rings is 1. The zero-order valence-corrected chi connectivity index (χ0v) is 10.3. The quantitative estimate of drug-likeness (QED) is 0.744. The van der Waals surface area contributed by atoms with Gasteiger partial charge in [-0.25, -0.2) is 0 Å². The molecule has 2 nitrogen and oxygen atoms in total. The Morgan fingerprint density at radius 1 is 1.43 bits per heavy atom. The zero-order valence-electron chi connectivity index (χ0n) is 7.40. The SMILES string of the molecule is Cc1[nH]c2cc(Cl)ccc2c(=O)c1I. The molecule has 1 aromatic carbocycles. The molecule has 0 fully saturated rings. The molecule has 0 saturated carbocycles. The maximum atomic E-state index is 11.8. The highest BCUT2D eigenvalue weighted by Gasteiger charge is 2.06. The molecule has 0 radical (unpaired) electrons. The first-order valence-corrected chi connectivity index (χ1v) is 5.53. The van der Waals surface area contributed by atoms with Gasteiger partial charge in [-0.05, 0) is 47.7 Å². The summed E-state index contributed by atoms with van der Waals surface area (Å²) in [6, 6.07) is 5.24. The Hall–Kier alpha value is -0.550. The second-order valence-electron chi connectivity index (χ2n) is 3.08. The van der Waals surface area contributed by atoms with E-state index in [0.717, 1.165) is 14.8 Å². The molecule has 0 unspecified atom stereocenters. The van der Waals surface area contributed by atoms with Crippen LogP contribution in [0.1, 0.15) is 5.69 Å². The van der Waals surface area contributed by atoms with E-state index in [9.17, 15) is 4.79 Å². The Balaban J connectivity index is 2.98. The fraction of sp³-hybridized carbons (Fsp3) is 0.100.